The van der Waals surface area contributed by atoms with Gasteiger partial charge in [-0.1, -0.05) is 30.4 Å². The predicted octanol–water partition coefficient (Wildman–Crippen LogP) is 4.53. The van der Waals surface area contributed by atoms with Crippen LogP contribution in [0, 0.1) is 0 Å². The van der Waals surface area contributed by atoms with E-state index >= 15 is 0 Å². The van der Waals surface area contributed by atoms with Crippen molar-refractivity contribution in [3.63, 3.8) is 0 Å². The predicted molar refractivity (Wildman–Crippen MR) is 69.0 cm³/mol. The molecule has 0 unspecified atom stereocenters. The van der Waals surface area contributed by atoms with E-state index in [9.17, 15) is 0 Å². The van der Waals surface area contributed by atoms with E-state index in [0.717, 1.165) is 6.42 Å². The number of rotatable bonds is 0. The highest BCUT2D eigenvalue weighted by Crippen LogP contribution is 2.35. The smallest absolute Gasteiger partial charge is 0.0348 e. The minimum atomic E-state index is 1.07. The fourth-order valence-corrected chi connectivity index (χ4v) is 3.46. The molecule has 0 aliphatic heterocycles. The van der Waals surface area contributed by atoms with E-state index in [1.165, 1.54) is 35.3 Å². The molecular weight excluding hydrogens is 200 g/mol. The zero-order valence-electron chi connectivity index (χ0n) is 8.70. The molecule has 1 heteroatoms. The van der Waals surface area contributed by atoms with E-state index in [1.54, 1.807) is 4.88 Å². The molecule has 0 saturated carbocycles. The maximum atomic E-state index is 2.32. The van der Waals surface area contributed by atoms with Crippen molar-refractivity contribution in [1.29, 1.82) is 0 Å². The Morgan fingerprint density at radius 3 is 2.80 bits per heavy atom. The van der Waals surface area contributed by atoms with Crippen molar-refractivity contribution in [2.75, 3.05) is 0 Å². The first kappa shape index (κ1) is 9.17. The highest BCUT2D eigenvalue weighted by molar-refractivity contribution is 7.13. The molecule has 0 N–H and O–H groups in total. The molecule has 0 saturated heterocycles. The van der Waals surface area contributed by atoms with Gasteiger partial charge in [-0.05, 0) is 42.9 Å². The topological polar surface area (TPSA) is 0 Å². The van der Waals surface area contributed by atoms with Gasteiger partial charge in [0, 0.05) is 9.75 Å². The molecule has 15 heavy (non-hydrogen) atoms. The molecule has 0 aromatic carbocycles. The van der Waals surface area contributed by atoms with Crippen LogP contribution in [-0.4, -0.2) is 0 Å². The molecule has 3 rings (SSSR count). The molecule has 1 aromatic rings. The number of thiophene rings is 1. The normalized spacial score (nSPS) is 18.1. The van der Waals surface area contributed by atoms with Gasteiger partial charge in [-0.25, -0.2) is 0 Å². The van der Waals surface area contributed by atoms with Crippen LogP contribution < -0.4 is 0 Å². The van der Waals surface area contributed by atoms with Crippen molar-refractivity contribution in [2.24, 2.45) is 0 Å². The van der Waals surface area contributed by atoms with Crippen molar-refractivity contribution in [3.05, 3.63) is 39.1 Å². The van der Waals surface area contributed by atoms with Gasteiger partial charge in [0.2, 0.25) is 0 Å². The Bertz CT molecular complexity index is 458. The van der Waals surface area contributed by atoms with Gasteiger partial charge in [-0.15, -0.1) is 11.3 Å². The molecule has 0 spiro atoms. The van der Waals surface area contributed by atoms with Crippen molar-refractivity contribution in [2.45, 2.75) is 25.7 Å². The second-order valence-corrected chi connectivity index (χ2v) is 5.19. The fourth-order valence-electron chi connectivity index (χ4n) is 2.21. The lowest BCUT2D eigenvalue weighted by atomic mass is 10.1. The third-order valence-corrected chi connectivity index (χ3v) is 4.22. The van der Waals surface area contributed by atoms with Crippen molar-refractivity contribution >= 4 is 29.6 Å². The number of allylic oxidation sites excluding steroid dienone is 3. The van der Waals surface area contributed by atoms with Crippen molar-refractivity contribution in [1.82, 2.24) is 0 Å². The summed E-state index contributed by atoms with van der Waals surface area (Å²) in [5.41, 5.74) is 2.93. The van der Waals surface area contributed by atoms with Crippen LogP contribution in [0.25, 0.3) is 18.2 Å². The molecule has 2 aliphatic carbocycles. The minimum Gasteiger partial charge on any atom is -0.140 e. The van der Waals surface area contributed by atoms with E-state index in [0.29, 0.717) is 0 Å². The summed E-state index contributed by atoms with van der Waals surface area (Å²) in [6.45, 7) is 0. The molecule has 76 valence electrons. The molecule has 0 nitrogen and oxygen atoms in total. The van der Waals surface area contributed by atoms with Gasteiger partial charge < -0.3 is 0 Å². The third kappa shape index (κ3) is 1.61. The Balaban J connectivity index is 2.20. The van der Waals surface area contributed by atoms with Crippen LogP contribution in [0.15, 0.2) is 18.2 Å². The summed E-state index contributed by atoms with van der Waals surface area (Å²) in [5, 5.41) is 0. The van der Waals surface area contributed by atoms with Gasteiger partial charge in [0.15, 0.2) is 0 Å². The molecule has 0 bridgehead atoms. The summed E-state index contributed by atoms with van der Waals surface area (Å²) in [4.78, 5) is 3.02. The fraction of sp³-hybridized carbons (Fsp3) is 0.286. The van der Waals surface area contributed by atoms with Crippen LogP contribution >= 0.6 is 11.3 Å². The maximum absolute atomic E-state index is 2.32. The second kappa shape index (κ2) is 3.82. The zero-order chi connectivity index (χ0) is 10.1. The van der Waals surface area contributed by atoms with E-state index in [1.807, 2.05) is 11.3 Å². The van der Waals surface area contributed by atoms with Crippen molar-refractivity contribution < 1.29 is 0 Å². The molecule has 0 fully saturated rings. The monoisotopic (exact) mass is 214 g/mol. The van der Waals surface area contributed by atoms with E-state index < -0.39 is 0 Å². The minimum absolute atomic E-state index is 1.07. The highest BCUT2D eigenvalue weighted by atomic mass is 32.1. The summed E-state index contributed by atoms with van der Waals surface area (Å²) in [7, 11) is 0. The summed E-state index contributed by atoms with van der Waals surface area (Å²) in [5.74, 6) is 0. The lowest BCUT2D eigenvalue weighted by Gasteiger charge is -1.95. The quantitative estimate of drug-likeness (QED) is 0.595. The first-order valence-electron chi connectivity index (χ1n) is 5.60. The van der Waals surface area contributed by atoms with E-state index in [-0.39, 0.29) is 0 Å². The molecule has 0 atom stereocenters. The first-order valence-corrected chi connectivity index (χ1v) is 6.42. The maximum Gasteiger partial charge on any atom is 0.0348 e. The first-order chi connectivity index (χ1) is 7.45. The number of hydrogen-bond acceptors (Lipinski definition) is 1. The molecule has 0 radical (unpaired) electrons. The van der Waals surface area contributed by atoms with E-state index in [4.69, 9.17) is 0 Å². The molecular formula is C14H14S. The van der Waals surface area contributed by atoms with Crippen LogP contribution in [0.1, 0.15) is 40.1 Å². The highest BCUT2D eigenvalue weighted by Gasteiger charge is 2.14. The average Bonchev–Trinajstić information content (AvgIpc) is 2.51. The molecule has 0 amide bonds. The zero-order valence-corrected chi connectivity index (χ0v) is 9.52. The van der Waals surface area contributed by atoms with Crippen LogP contribution in [0.3, 0.4) is 0 Å². The van der Waals surface area contributed by atoms with Crippen molar-refractivity contribution in [3.8, 4) is 0 Å². The summed E-state index contributed by atoms with van der Waals surface area (Å²) < 4.78 is 0. The standard InChI is InChI=1S/C14H14S/c1-3-7-11-12-8-4-2-6-10-14(12)15-13(11)9-5-1/h3-5,7-9H,1-2,6,10H2. The average molecular weight is 214 g/mol. The molecule has 1 heterocycles. The van der Waals surface area contributed by atoms with Gasteiger partial charge in [0.05, 0.1) is 0 Å². The van der Waals surface area contributed by atoms with Gasteiger partial charge in [0.25, 0.3) is 0 Å². The molecule has 2 aliphatic rings. The SMILES string of the molecule is C1=Cc2sc3c(c2C=CC1)C=CCCC3. The van der Waals surface area contributed by atoms with E-state index in [2.05, 4.69) is 36.5 Å². The number of fused-ring (bicyclic) bond motifs is 3. The third-order valence-electron chi connectivity index (χ3n) is 2.97. The summed E-state index contributed by atoms with van der Waals surface area (Å²) in [6.07, 6.45) is 18.6. The Morgan fingerprint density at radius 1 is 0.933 bits per heavy atom. The van der Waals surface area contributed by atoms with Crippen LogP contribution in [0.2, 0.25) is 0 Å². The van der Waals surface area contributed by atoms with Gasteiger partial charge in [0.1, 0.15) is 0 Å². The largest absolute Gasteiger partial charge is 0.140 e. The van der Waals surface area contributed by atoms with Gasteiger partial charge in [-0.2, -0.15) is 0 Å². The second-order valence-electron chi connectivity index (χ2n) is 4.05. The van der Waals surface area contributed by atoms with Crippen LogP contribution in [-0.2, 0) is 6.42 Å². The summed E-state index contributed by atoms with van der Waals surface area (Å²) >= 11 is 1.98. The van der Waals surface area contributed by atoms with Gasteiger partial charge >= 0.3 is 0 Å². The lowest BCUT2D eigenvalue weighted by Crippen LogP contribution is -1.81. The Kier molecular flexibility index (Phi) is 2.34. The Labute approximate surface area is 94.6 Å². The summed E-state index contributed by atoms with van der Waals surface area (Å²) in [6, 6.07) is 0. The van der Waals surface area contributed by atoms with Crippen LogP contribution in [0.5, 0.6) is 0 Å². The lowest BCUT2D eigenvalue weighted by molar-refractivity contribution is 0.863. The Morgan fingerprint density at radius 2 is 1.80 bits per heavy atom. The molecule has 1 aromatic heterocycles. The number of aryl methyl sites for hydroxylation is 1. The number of hydrogen-bond donors (Lipinski definition) is 0. The van der Waals surface area contributed by atoms with Gasteiger partial charge in [-0.3, -0.25) is 0 Å². The Hall–Kier alpha value is -1.08. The van der Waals surface area contributed by atoms with Crippen LogP contribution in [0.4, 0.5) is 0 Å².